The first-order valence-corrected chi connectivity index (χ1v) is 11.0. The molecule has 2 amide bonds. The molecule has 0 saturated carbocycles. The number of methoxy groups -OCH3 is 2. The van der Waals surface area contributed by atoms with Gasteiger partial charge >= 0.3 is 0 Å². The third-order valence-electron chi connectivity index (χ3n) is 5.30. The minimum absolute atomic E-state index is 0.0513. The number of hydrogen-bond acceptors (Lipinski definition) is 6. The molecule has 2 aromatic rings. The molecule has 8 heteroatoms. The molecule has 2 aromatic carbocycles. The highest BCUT2D eigenvalue weighted by Gasteiger charge is 2.32. The molecule has 0 radical (unpaired) electrons. The van der Waals surface area contributed by atoms with Crippen LogP contribution in [0.15, 0.2) is 47.0 Å². The molecule has 0 fully saturated rings. The highest BCUT2D eigenvalue weighted by atomic mass is 32.2. The minimum atomic E-state index is -0.496. The lowest BCUT2D eigenvalue weighted by Crippen LogP contribution is -2.31. The fourth-order valence-corrected chi connectivity index (χ4v) is 4.42. The molecule has 1 aliphatic heterocycles. The summed E-state index contributed by atoms with van der Waals surface area (Å²) in [6.07, 6.45) is 0.103. The number of thioether (sulfide) groups is 1. The van der Waals surface area contributed by atoms with Crippen LogP contribution in [-0.2, 0) is 9.59 Å². The van der Waals surface area contributed by atoms with Crippen molar-refractivity contribution in [1.29, 1.82) is 5.26 Å². The number of nitrogens with zero attached hydrogens (tertiary/aromatic N) is 1. The molecular weight excluding hydrogens is 426 g/mol. The number of rotatable bonds is 7. The Labute approximate surface area is 191 Å². The van der Waals surface area contributed by atoms with Crippen LogP contribution in [0, 0.1) is 25.2 Å². The summed E-state index contributed by atoms with van der Waals surface area (Å²) in [5.41, 5.74) is 4.01. The standard InChI is InChI=1S/C24H25N3O4S/c1-14-8-9-16(10-15(14)2)26-22(29)13-32-24-19(12-25)18(11-21(28)27-24)17-6-5-7-20(30-3)23(17)31-4/h5-10,18H,11,13H2,1-4H3,(H,26,29)(H,27,28)/t18-/m0/s1. The zero-order valence-electron chi connectivity index (χ0n) is 18.4. The Bertz CT molecular complexity index is 1120. The average molecular weight is 452 g/mol. The molecular formula is C24H25N3O4S. The summed E-state index contributed by atoms with van der Waals surface area (Å²) in [5.74, 6) is 0.114. The largest absolute Gasteiger partial charge is 0.493 e. The summed E-state index contributed by atoms with van der Waals surface area (Å²) < 4.78 is 10.9. The van der Waals surface area contributed by atoms with E-state index in [-0.39, 0.29) is 24.0 Å². The third kappa shape index (κ3) is 5.06. The monoisotopic (exact) mass is 451 g/mol. The number of hydrogen-bond donors (Lipinski definition) is 2. The van der Waals surface area contributed by atoms with Crippen LogP contribution < -0.4 is 20.1 Å². The predicted octanol–water partition coefficient (Wildman–Crippen LogP) is 4.03. The van der Waals surface area contributed by atoms with Crippen molar-refractivity contribution in [2.24, 2.45) is 0 Å². The molecule has 0 saturated heterocycles. The number of nitrogens with one attached hydrogen (secondary N) is 2. The number of nitriles is 1. The molecule has 0 spiro atoms. The van der Waals surface area contributed by atoms with Crippen LogP contribution in [0.5, 0.6) is 11.5 Å². The van der Waals surface area contributed by atoms with Crippen LogP contribution in [0.25, 0.3) is 0 Å². The summed E-state index contributed by atoms with van der Waals surface area (Å²) in [7, 11) is 3.05. The highest BCUT2D eigenvalue weighted by Crippen LogP contribution is 2.43. The third-order valence-corrected chi connectivity index (χ3v) is 6.32. The van der Waals surface area contributed by atoms with E-state index < -0.39 is 5.92 Å². The lowest BCUT2D eigenvalue weighted by molar-refractivity contribution is -0.121. The fourth-order valence-electron chi connectivity index (χ4n) is 3.54. The second-order valence-electron chi connectivity index (χ2n) is 7.38. The van der Waals surface area contributed by atoms with Crippen LogP contribution >= 0.6 is 11.8 Å². The Hall–Kier alpha value is -3.44. The zero-order valence-corrected chi connectivity index (χ0v) is 19.3. The van der Waals surface area contributed by atoms with Gasteiger partial charge in [-0.15, -0.1) is 0 Å². The molecule has 3 rings (SSSR count). The number of ether oxygens (including phenoxy) is 2. The van der Waals surface area contributed by atoms with E-state index in [4.69, 9.17) is 9.47 Å². The zero-order chi connectivity index (χ0) is 23.3. The van der Waals surface area contributed by atoms with E-state index in [1.807, 2.05) is 38.1 Å². The van der Waals surface area contributed by atoms with E-state index >= 15 is 0 Å². The van der Waals surface area contributed by atoms with Gasteiger partial charge in [0.2, 0.25) is 11.8 Å². The van der Waals surface area contributed by atoms with Crippen molar-refractivity contribution in [2.45, 2.75) is 26.2 Å². The Balaban J connectivity index is 1.83. The van der Waals surface area contributed by atoms with E-state index in [1.165, 1.54) is 14.2 Å². The van der Waals surface area contributed by atoms with Gasteiger partial charge in [0.25, 0.3) is 0 Å². The van der Waals surface area contributed by atoms with Crippen LogP contribution in [0.4, 0.5) is 5.69 Å². The number of para-hydroxylation sites is 1. The average Bonchev–Trinajstić information content (AvgIpc) is 2.79. The molecule has 0 aliphatic carbocycles. The van der Waals surface area contributed by atoms with Crippen molar-refractivity contribution in [3.05, 3.63) is 63.7 Å². The van der Waals surface area contributed by atoms with E-state index in [2.05, 4.69) is 16.7 Å². The van der Waals surface area contributed by atoms with E-state index in [0.29, 0.717) is 33.4 Å². The molecule has 0 unspecified atom stereocenters. The van der Waals surface area contributed by atoms with E-state index in [9.17, 15) is 14.9 Å². The first-order chi connectivity index (χ1) is 15.4. The summed E-state index contributed by atoms with van der Waals surface area (Å²) in [6.45, 7) is 3.99. The maximum Gasteiger partial charge on any atom is 0.234 e. The summed E-state index contributed by atoms with van der Waals surface area (Å²) in [4.78, 5) is 24.9. The van der Waals surface area contributed by atoms with Crippen LogP contribution in [0.3, 0.4) is 0 Å². The van der Waals surface area contributed by atoms with Gasteiger partial charge in [0, 0.05) is 23.6 Å². The van der Waals surface area contributed by atoms with Crippen LogP contribution in [0.1, 0.15) is 29.0 Å². The number of amides is 2. The Kier molecular flexibility index (Phi) is 7.44. The summed E-state index contributed by atoms with van der Waals surface area (Å²) in [5, 5.41) is 15.9. The molecule has 0 bridgehead atoms. The second-order valence-corrected chi connectivity index (χ2v) is 8.36. The SMILES string of the molecule is COc1cccc([C@@H]2CC(=O)NC(SCC(=O)Nc3ccc(C)c(C)c3)=C2C#N)c1OC. The summed E-state index contributed by atoms with van der Waals surface area (Å²) in [6, 6.07) is 13.3. The van der Waals surface area contributed by atoms with Gasteiger partial charge in [0.05, 0.1) is 36.6 Å². The minimum Gasteiger partial charge on any atom is -0.493 e. The molecule has 1 aliphatic rings. The molecule has 32 heavy (non-hydrogen) atoms. The smallest absolute Gasteiger partial charge is 0.234 e. The Morgan fingerprint density at radius 2 is 2.00 bits per heavy atom. The number of allylic oxidation sites excluding steroid dienone is 1. The van der Waals surface area contributed by atoms with Crippen molar-refractivity contribution < 1.29 is 19.1 Å². The highest BCUT2D eigenvalue weighted by molar-refractivity contribution is 8.03. The lowest BCUT2D eigenvalue weighted by Gasteiger charge is -2.26. The lowest BCUT2D eigenvalue weighted by atomic mass is 9.86. The maximum absolute atomic E-state index is 12.5. The quantitative estimate of drug-likeness (QED) is 0.659. The summed E-state index contributed by atoms with van der Waals surface area (Å²) >= 11 is 1.13. The number of benzene rings is 2. The molecule has 1 atom stereocenters. The van der Waals surface area contributed by atoms with Gasteiger partial charge in [0.15, 0.2) is 11.5 Å². The number of carbonyl (C=O) groups excluding carboxylic acids is 2. The van der Waals surface area contributed by atoms with Gasteiger partial charge in [-0.2, -0.15) is 5.26 Å². The van der Waals surface area contributed by atoms with Crippen molar-refractivity contribution in [3.63, 3.8) is 0 Å². The normalized spacial score (nSPS) is 15.6. The first-order valence-electron chi connectivity index (χ1n) is 10.0. The molecule has 1 heterocycles. The number of anilines is 1. The second kappa shape index (κ2) is 10.2. The maximum atomic E-state index is 12.5. The van der Waals surface area contributed by atoms with E-state index in [1.54, 1.807) is 12.1 Å². The van der Waals surface area contributed by atoms with Gasteiger partial charge in [-0.25, -0.2) is 0 Å². The predicted molar refractivity (Wildman–Crippen MR) is 125 cm³/mol. The van der Waals surface area contributed by atoms with Gasteiger partial charge in [0.1, 0.15) is 0 Å². The topological polar surface area (TPSA) is 100 Å². The van der Waals surface area contributed by atoms with Crippen LogP contribution in [-0.4, -0.2) is 31.8 Å². The van der Waals surface area contributed by atoms with Crippen molar-refractivity contribution >= 4 is 29.3 Å². The van der Waals surface area contributed by atoms with Crippen molar-refractivity contribution in [3.8, 4) is 17.6 Å². The number of carbonyl (C=O) groups is 2. The van der Waals surface area contributed by atoms with Gasteiger partial charge < -0.3 is 20.1 Å². The first kappa shape index (κ1) is 23.2. The molecule has 2 N–H and O–H groups in total. The number of aryl methyl sites for hydroxylation is 2. The van der Waals surface area contributed by atoms with Gasteiger partial charge in [-0.3, -0.25) is 9.59 Å². The Morgan fingerprint density at radius 1 is 1.22 bits per heavy atom. The molecule has 0 aromatic heterocycles. The molecule has 166 valence electrons. The Morgan fingerprint density at radius 3 is 2.66 bits per heavy atom. The fraction of sp³-hybridized carbons (Fsp3) is 0.292. The van der Waals surface area contributed by atoms with E-state index in [0.717, 1.165) is 22.9 Å². The van der Waals surface area contributed by atoms with Crippen LogP contribution in [0.2, 0.25) is 0 Å². The van der Waals surface area contributed by atoms with Crippen molar-refractivity contribution in [1.82, 2.24) is 5.32 Å². The van der Waals surface area contributed by atoms with Gasteiger partial charge in [-0.05, 0) is 43.2 Å². The molecule has 7 nitrogen and oxygen atoms in total. The van der Waals surface area contributed by atoms with Gasteiger partial charge in [-0.1, -0.05) is 30.0 Å². The van der Waals surface area contributed by atoms with Crippen molar-refractivity contribution in [2.75, 3.05) is 25.3 Å².